The molecule has 156 valence electrons. The lowest BCUT2D eigenvalue weighted by Crippen LogP contribution is -2.54. The average molecular weight is 406 g/mol. The predicted molar refractivity (Wildman–Crippen MR) is 117 cm³/mol. The lowest BCUT2D eigenvalue weighted by atomic mass is 9.89. The van der Waals surface area contributed by atoms with Crippen molar-refractivity contribution in [3.63, 3.8) is 0 Å². The van der Waals surface area contributed by atoms with Crippen LogP contribution in [0.2, 0.25) is 0 Å². The van der Waals surface area contributed by atoms with Gasteiger partial charge in [0.1, 0.15) is 5.82 Å². The summed E-state index contributed by atoms with van der Waals surface area (Å²) in [4.78, 5) is 20.2. The number of rotatable bonds is 4. The maximum Gasteiger partial charge on any atom is 0.164 e. The number of Topliss-reactive ketones (excluding diaryl/α,β-unsaturated/α-hetero) is 1. The van der Waals surface area contributed by atoms with E-state index < -0.39 is 0 Å². The maximum atomic E-state index is 13.1. The van der Waals surface area contributed by atoms with Gasteiger partial charge in [-0.15, -0.1) is 0 Å². The zero-order valence-electron chi connectivity index (χ0n) is 17.5. The van der Waals surface area contributed by atoms with Gasteiger partial charge in [0.15, 0.2) is 5.78 Å². The maximum absolute atomic E-state index is 13.1. The van der Waals surface area contributed by atoms with E-state index in [2.05, 4.69) is 39.9 Å². The Hall–Kier alpha value is -2.40. The van der Waals surface area contributed by atoms with E-state index >= 15 is 0 Å². The minimum Gasteiger partial charge on any atom is -0.365 e. The number of likely N-dealkylation sites (N-methyl/N-ethyl adjacent to an activating group) is 1. The fraction of sp³-hybridized carbons (Fsp3) is 0.480. The molecule has 1 spiro atoms. The summed E-state index contributed by atoms with van der Waals surface area (Å²) < 4.78 is 13.1. The third-order valence-corrected chi connectivity index (χ3v) is 7.98. The number of carbonyl (C=O) groups excluding carboxylic acids is 1. The van der Waals surface area contributed by atoms with E-state index in [4.69, 9.17) is 0 Å². The Kier molecular flexibility index (Phi) is 4.01. The first-order chi connectivity index (χ1) is 14.6. The van der Waals surface area contributed by atoms with Gasteiger partial charge in [-0.3, -0.25) is 4.79 Å². The Morgan fingerprint density at radius 1 is 1.17 bits per heavy atom. The van der Waals surface area contributed by atoms with Gasteiger partial charge >= 0.3 is 0 Å². The van der Waals surface area contributed by atoms with Crippen molar-refractivity contribution in [1.29, 1.82) is 0 Å². The van der Waals surface area contributed by atoms with Gasteiger partial charge < -0.3 is 14.7 Å². The molecule has 0 amide bonds. The Morgan fingerprint density at radius 3 is 2.73 bits per heavy atom. The van der Waals surface area contributed by atoms with Crippen LogP contribution in [0.4, 0.5) is 15.8 Å². The van der Waals surface area contributed by atoms with Crippen molar-refractivity contribution >= 4 is 17.2 Å². The van der Waals surface area contributed by atoms with Crippen LogP contribution in [0.15, 0.2) is 42.5 Å². The molecule has 1 saturated heterocycles. The molecule has 0 N–H and O–H groups in total. The molecule has 3 aliphatic heterocycles. The van der Waals surface area contributed by atoms with E-state index in [1.54, 1.807) is 12.1 Å². The van der Waals surface area contributed by atoms with Crippen molar-refractivity contribution in [2.45, 2.75) is 43.2 Å². The first-order valence-corrected chi connectivity index (χ1v) is 11.2. The summed E-state index contributed by atoms with van der Waals surface area (Å²) in [5, 5.41) is 0. The second-order valence-electron chi connectivity index (χ2n) is 9.57. The molecule has 2 atom stereocenters. The molecule has 4 nitrogen and oxygen atoms in total. The van der Waals surface area contributed by atoms with Gasteiger partial charge in [0.2, 0.25) is 0 Å². The van der Waals surface area contributed by atoms with Crippen molar-refractivity contribution in [2.75, 3.05) is 43.0 Å². The van der Waals surface area contributed by atoms with E-state index in [1.165, 1.54) is 41.9 Å². The van der Waals surface area contributed by atoms with E-state index in [-0.39, 0.29) is 11.6 Å². The molecule has 0 unspecified atom stereocenters. The second kappa shape index (κ2) is 6.55. The number of benzene rings is 2. The van der Waals surface area contributed by atoms with Gasteiger partial charge in [0.05, 0.1) is 16.9 Å². The van der Waals surface area contributed by atoms with Crippen LogP contribution >= 0.6 is 0 Å². The van der Waals surface area contributed by atoms with Gasteiger partial charge in [0, 0.05) is 57.2 Å². The molecule has 30 heavy (non-hydrogen) atoms. The molecule has 0 bridgehead atoms. The van der Waals surface area contributed by atoms with Gasteiger partial charge in [-0.25, -0.2) is 4.39 Å². The van der Waals surface area contributed by atoms with Crippen LogP contribution in [0.3, 0.4) is 0 Å². The second-order valence-corrected chi connectivity index (χ2v) is 9.57. The lowest BCUT2D eigenvalue weighted by Gasteiger charge is -2.46. The minimum atomic E-state index is -0.298. The number of hydrogen-bond donors (Lipinski definition) is 0. The lowest BCUT2D eigenvalue weighted by molar-refractivity contribution is 0.0952. The quantitative estimate of drug-likeness (QED) is 0.717. The molecule has 2 aromatic carbocycles. The topological polar surface area (TPSA) is 26.8 Å². The van der Waals surface area contributed by atoms with E-state index in [0.717, 1.165) is 32.6 Å². The number of hydrogen-bond acceptors (Lipinski definition) is 4. The molecular formula is C25H28FN3O. The van der Waals surface area contributed by atoms with Crippen molar-refractivity contribution in [3.05, 3.63) is 59.4 Å². The number of carbonyl (C=O) groups is 1. The molecule has 2 fully saturated rings. The number of ketones is 1. The van der Waals surface area contributed by atoms with Crippen LogP contribution in [-0.2, 0) is 0 Å². The smallest absolute Gasteiger partial charge is 0.164 e. The van der Waals surface area contributed by atoms with Crippen LogP contribution in [-0.4, -0.2) is 55.5 Å². The zero-order chi connectivity index (χ0) is 20.5. The fourth-order valence-corrected chi connectivity index (χ4v) is 6.04. The summed E-state index contributed by atoms with van der Waals surface area (Å²) in [6.07, 6.45) is 4.26. The molecule has 5 heteroatoms. The highest BCUT2D eigenvalue weighted by molar-refractivity contribution is 5.96. The normalized spacial score (nSPS) is 25.9. The Balaban J connectivity index is 1.18. The SMILES string of the molecule is CN1c2cccc3c2N(CC12CC2)[C@H]1CCN(CCC(=O)c2ccc(F)cc2)C[C@@H]31. The summed E-state index contributed by atoms with van der Waals surface area (Å²) in [7, 11) is 2.27. The summed E-state index contributed by atoms with van der Waals surface area (Å²) in [5.74, 6) is 0.327. The predicted octanol–water partition coefficient (Wildman–Crippen LogP) is 4.06. The number of nitrogens with zero attached hydrogens (tertiary/aromatic N) is 3. The Bertz CT molecular complexity index is 1000. The third-order valence-electron chi connectivity index (χ3n) is 7.98. The average Bonchev–Trinajstić information content (AvgIpc) is 3.48. The van der Waals surface area contributed by atoms with Crippen LogP contribution in [0.5, 0.6) is 0 Å². The number of fused-ring (bicyclic) bond motifs is 3. The van der Waals surface area contributed by atoms with Crippen molar-refractivity contribution in [2.24, 2.45) is 0 Å². The van der Waals surface area contributed by atoms with Crippen molar-refractivity contribution < 1.29 is 9.18 Å². The molecule has 1 aliphatic carbocycles. The Labute approximate surface area is 177 Å². The monoisotopic (exact) mass is 405 g/mol. The van der Waals surface area contributed by atoms with Crippen molar-refractivity contribution in [1.82, 2.24) is 4.90 Å². The zero-order valence-corrected chi connectivity index (χ0v) is 17.5. The molecule has 1 saturated carbocycles. The first kappa shape index (κ1) is 18.4. The van der Waals surface area contributed by atoms with Gasteiger partial charge in [-0.1, -0.05) is 12.1 Å². The Morgan fingerprint density at radius 2 is 1.97 bits per heavy atom. The molecule has 0 aromatic heterocycles. The van der Waals surface area contributed by atoms with Gasteiger partial charge in [-0.2, -0.15) is 0 Å². The summed E-state index contributed by atoms with van der Waals surface area (Å²) in [5.41, 5.74) is 5.34. The summed E-state index contributed by atoms with van der Waals surface area (Å²) in [6.45, 7) is 4.00. The van der Waals surface area contributed by atoms with Gasteiger partial charge in [0.25, 0.3) is 0 Å². The molecule has 0 radical (unpaired) electrons. The fourth-order valence-electron chi connectivity index (χ4n) is 6.04. The number of halogens is 1. The van der Waals surface area contributed by atoms with Crippen LogP contribution in [0, 0.1) is 5.82 Å². The number of piperidine rings is 1. The molecule has 4 aliphatic rings. The van der Waals surface area contributed by atoms with Crippen molar-refractivity contribution in [3.8, 4) is 0 Å². The minimum absolute atomic E-state index is 0.100. The highest BCUT2D eigenvalue weighted by Gasteiger charge is 2.56. The number of anilines is 2. The first-order valence-electron chi connectivity index (χ1n) is 11.2. The summed E-state index contributed by atoms with van der Waals surface area (Å²) >= 11 is 0. The van der Waals surface area contributed by atoms with E-state index in [9.17, 15) is 9.18 Å². The van der Waals surface area contributed by atoms with Crippen LogP contribution in [0.25, 0.3) is 0 Å². The standard InChI is InChI=1S/C25H28FN3O/c1-27-22-4-2-3-19-20-15-28(14-10-23(30)17-5-7-18(26)8-6-17)13-9-21(20)29(24(19)22)16-25(27)11-12-25/h2-8,20-21H,9-16H2,1H3/t20-,21-/m0/s1. The summed E-state index contributed by atoms with van der Waals surface area (Å²) in [6, 6.07) is 13.4. The van der Waals surface area contributed by atoms with Crippen LogP contribution in [0.1, 0.15) is 47.5 Å². The van der Waals surface area contributed by atoms with E-state index in [0.29, 0.717) is 29.5 Å². The van der Waals surface area contributed by atoms with E-state index in [1.807, 2.05) is 0 Å². The number of para-hydroxylation sites is 1. The van der Waals surface area contributed by atoms with Gasteiger partial charge in [-0.05, 0) is 55.2 Å². The molecule has 6 rings (SSSR count). The molecular weight excluding hydrogens is 377 g/mol. The number of likely N-dealkylation sites (tertiary alicyclic amines) is 1. The highest BCUT2D eigenvalue weighted by atomic mass is 19.1. The molecule has 3 heterocycles. The highest BCUT2D eigenvalue weighted by Crippen LogP contribution is 2.57. The van der Waals surface area contributed by atoms with Crippen LogP contribution < -0.4 is 9.80 Å². The largest absolute Gasteiger partial charge is 0.365 e. The molecule has 2 aromatic rings. The third kappa shape index (κ3) is 2.71.